The predicted octanol–water partition coefficient (Wildman–Crippen LogP) is 2.22. The summed E-state index contributed by atoms with van der Waals surface area (Å²) in [7, 11) is 0. The van der Waals surface area contributed by atoms with Crippen LogP contribution in [0.2, 0.25) is 0 Å². The van der Waals surface area contributed by atoms with Gasteiger partial charge in [0.25, 0.3) is 0 Å². The van der Waals surface area contributed by atoms with E-state index in [2.05, 4.69) is 0 Å². The van der Waals surface area contributed by atoms with Crippen molar-refractivity contribution in [2.45, 2.75) is 5.92 Å². The first-order valence-electron chi connectivity index (χ1n) is 4.18. The van der Waals surface area contributed by atoms with Crippen LogP contribution in [0.5, 0.6) is 0 Å². The number of benzene rings is 1. The molecule has 0 aromatic heterocycles. The topological polar surface area (TPSA) is 37.3 Å². The highest BCUT2D eigenvalue weighted by molar-refractivity contribution is 8.00. The second kappa shape index (κ2) is 3.42. The molecule has 0 bridgehead atoms. The molecule has 1 fully saturated rings. The first kappa shape index (κ1) is 8.63. The molecule has 1 N–H and O–H groups in total. The zero-order chi connectivity index (χ0) is 9.26. The molecule has 1 aliphatic heterocycles. The molecule has 2 rings (SSSR count). The maximum Gasteiger partial charge on any atom is 0.335 e. The molecule has 2 nitrogen and oxygen atoms in total. The molecule has 13 heavy (non-hydrogen) atoms. The lowest BCUT2D eigenvalue weighted by Gasteiger charge is -2.25. The van der Waals surface area contributed by atoms with Gasteiger partial charge in [0.2, 0.25) is 0 Å². The SMILES string of the molecule is O=C(O)c1cccc(C2CSC2)c1. The molecule has 0 saturated carbocycles. The second-order valence-electron chi connectivity index (χ2n) is 3.16. The van der Waals surface area contributed by atoms with Gasteiger partial charge in [-0.05, 0) is 17.7 Å². The van der Waals surface area contributed by atoms with Crippen LogP contribution in [0.4, 0.5) is 0 Å². The van der Waals surface area contributed by atoms with Crippen LogP contribution in [-0.2, 0) is 0 Å². The van der Waals surface area contributed by atoms with Crippen molar-refractivity contribution in [2.75, 3.05) is 11.5 Å². The zero-order valence-electron chi connectivity index (χ0n) is 7.06. The summed E-state index contributed by atoms with van der Waals surface area (Å²) in [6.45, 7) is 0. The fourth-order valence-corrected chi connectivity index (χ4v) is 2.21. The fourth-order valence-electron chi connectivity index (χ4n) is 1.35. The minimum Gasteiger partial charge on any atom is -0.478 e. The van der Waals surface area contributed by atoms with Gasteiger partial charge in [-0.1, -0.05) is 12.1 Å². The Morgan fingerprint density at radius 2 is 2.23 bits per heavy atom. The van der Waals surface area contributed by atoms with E-state index in [1.807, 2.05) is 23.9 Å². The molecule has 0 unspecified atom stereocenters. The van der Waals surface area contributed by atoms with E-state index in [1.54, 1.807) is 12.1 Å². The average Bonchev–Trinajstić information content (AvgIpc) is 2.01. The molecule has 3 heteroatoms. The van der Waals surface area contributed by atoms with Crippen molar-refractivity contribution in [3.8, 4) is 0 Å². The lowest BCUT2D eigenvalue weighted by molar-refractivity contribution is 0.0697. The number of hydrogen-bond acceptors (Lipinski definition) is 2. The van der Waals surface area contributed by atoms with Crippen molar-refractivity contribution < 1.29 is 9.90 Å². The normalized spacial score (nSPS) is 16.6. The van der Waals surface area contributed by atoms with E-state index in [1.165, 1.54) is 5.56 Å². The molecule has 1 saturated heterocycles. The molecular formula is C10H10O2S. The van der Waals surface area contributed by atoms with E-state index in [-0.39, 0.29) is 0 Å². The van der Waals surface area contributed by atoms with Crippen molar-refractivity contribution in [1.29, 1.82) is 0 Å². The third-order valence-corrected chi connectivity index (χ3v) is 3.52. The van der Waals surface area contributed by atoms with Gasteiger partial charge in [0.15, 0.2) is 0 Å². The summed E-state index contributed by atoms with van der Waals surface area (Å²) >= 11 is 1.91. The largest absolute Gasteiger partial charge is 0.478 e. The summed E-state index contributed by atoms with van der Waals surface area (Å²) < 4.78 is 0. The van der Waals surface area contributed by atoms with E-state index in [0.29, 0.717) is 11.5 Å². The van der Waals surface area contributed by atoms with E-state index in [4.69, 9.17) is 5.11 Å². The monoisotopic (exact) mass is 194 g/mol. The maximum atomic E-state index is 10.7. The predicted molar refractivity (Wildman–Crippen MR) is 53.5 cm³/mol. The Balaban J connectivity index is 2.26. The van der Waals surface area contributed by atoms with Crippen molar-refractivity contribution in [3.05, 3.63) is 35.4 Å². The van der Waals surface area contributed by atoms with Crippen LogP contribution in [0, 0.1) is 0 Å². The molecule has 0 amide bonds. The molecule has 0 radical (unpaired) electrons. The lowest BCUT2D eigenvalue weighted by Crippen LogP contribution is -2.15. The van der Waals surface area contributed by atoms with Gasteiger partial charge in [-0.3, -0.25) is 0 Å². The highest BCUT2D eigenvalue weighted by Gasteiger charge is 2.20. The van der Waals surface area contributed by atoms with Crippen LogP contribution in [0.15, 0.2) is 24.3 Å². The van der Waals surface area contributed by atoms with Crippen LogP contribution in [-0.4, -0.2) is 22.6 Å². The van der Waals surface area contributed by atoms with Crippen molar-refractivity contribution >= 4 is 17.7 Å². The van der Waals surface area contributed by atoms with E-state index >= 15 is 0 Å². The molecule has 0 atom stereocenters. The minimum atomic E-state index is -0.839. The van der Waals surface area contributed by atoms with Gasteiger partial charge >= 0.3 is 5.97 Å². The Labute approximate surface area is 81.0 Å². The summed E-state index contributed by atoms with van der Waals surface area (Å²) in [5.74, 6) is 1.99. The van der Waals surface area contributed by atoms with Gasteiger partial charge in [-0.2, -0.15) is 11.8 Å². The highest BCUT2D eigenvalue weighted by atomic mass is 32.2. The number of aromatic carboxylic acids is 1. The molecule has 1 aromatic carbocycles. The van der Waals surface area contributed by atoms with Gasteiger partial charge in [-0.15, -0.1) is 0 Å². The molecule has 68 valence electrons. The van der Waals surface area contributed by atoms with Crippen LogP contribution in [0.1, 0.15) is 21.8 Å². The number of rotatable bonds is 2. The second-order valence-corrected chi connectivity index (χ2v) is 4.24. The molecule has 0 spiro atoms. The molecule has 1 aromatic rings. The molecular weight excluding hydrogens is 184 g/mol. The minimum absolute atomic E-state index is 0.398. The summed E-state index contributed by atoms with van der Waals surface area (Å²) in [6.07, 6.45) is 0. The Morgan fingerprint density at radius 1 is 1.46 bits per heavy atom. The van der Waals surface area contributed by atoms with Gasteiger partial charge in [-0.25, -0.2) is 4.79 Å². The van der Waals surface area contributed by atoms with Crippen molar-refractivity contribution in [3.63, 3.8) is 0 Å². The van der Waals surface area contributed by atoms with E-state index in [0.717, 1.165) is 11.5 Å². The number of carboxylic acids is 1. The van der Waals surface area contributed by atoms with Gasteiger partial charge in [0, 0.05) is 17.4 Å². The Bertz CT molecular complexity index is 331. The summed E-state index contributed by atoms with van der Waals surface area (Å²) in [5, 5.41) is 8.78. The Hall–Kier alpha value is -0.960. The molecule has 1 aliphatic rings. The van der Waals surface area contributed by atoms with E-state index < -0.39 is 5.97 Å². The van der Waals surface area contributed by atoms with Crippen LogP contribution >= 0.6 is 11.8 Å². The first-order valence-corrected chi connectivity index (χ1v) is 5.34. The maximum absolute atomic E-state index is 10.7. The fraction of sp³-hybridized carbons (Fsp3) is 0.300. The molecule has 0 aliphatic carbocycles. The average molecular weight is 194 g/mol. The molecule has 1 heterocycles. The third-order valence-electron chi connectivity index (χ3n) is 2.24. The summed E-state index contributed by atoms with van der Waals surface area (Å²) in [4.78, 5) is 10.7. The third kappa shape index (κ3) is 1.70. The van der Waals surface area contributed by atoms with Crippen LogP contribution in [0.3, 0.4) is 0 Å². The summed E-state index contributed by atoms with van der Waals surface area (Å²) in [5.41, 5.74) is 1.56. The Kier molecular flexibility index (Phi) is 2.27. The number of thioether (sulfide) groups is 1. The van der Waals surface area contributed by atoms with Gasteiger partial charge < -0.3 is 5.11 Å². The van der Waals surface area contributed by atoms with Crippen LogP contribution in [0.25, 0.3) is 0 Å². The first-order chi connectivity index (χ1) is 6.27. The smallest absolute Gasteiger partial charge is 0.335 e. The number of hydrogen-bond donors (Lipinski definition) is 1. The van der Waals surface area contributed by atoms with Gasteiger partial charge in [0.05, 0.1) is 5.56 Å². The zero-order valence-corrected chi connectivity index (χ0v) is 7.88. The van der Waals surface area contributed by atoms with Gasteiger partial charge in [0.1, 0.15) is 0 Å². The highest BCUT2D eigenvalue weighted by Crippen LogP contribution is 2.33. The summed E-state index contributed by atoms with van der Waals surface area (Å²) in [6, 6.07) is 7.25. The van der Waals surface area contributed by atoms with E-state index in [9.17, 15) is 4.79 Å². The van der Waals surface area contributed by atoms with Crippen molar-refractivity contribution in [1.82, 2.24) is 0 Å². The standard InChI is InChI=1S/C10H10O2S/c11-10(12)8-3-1-2-7(4-8)9-5-13-6-9/h1-4,9H,5-6H2,(H,11,12). The van der Waals surface area contributed by atoms with Crippen LogP contribution < -0.4 is 0 Å². The Morgan fingerprint density at radius 3 is 2.77 bits per heavy atom. The number of carboxylic acid groups (broad SMARTS) is 1. The number of carbonyl (C=O) groups is 1. The lowest BCUT2D eigenvalue weighted by atomic mass is 10.00. The quantitative estimate of drug-likeness (QED) is 0.784. The van der Waals surface area contributed by atoms with Crippen molar-refractivity contribution in [2.24, 2.45) is 0 Å².